The molecule has 0 aliphatic heterocycles. The first-order valence-electron chi connectivity index (χ1n) is 6.46. The second-order valence-corrected chi connectivity index (χ2v) is 5.29. The van der Waals surface area contributed by atoms with Crippen LogP contribution < -0.4 is 4.74 Å². The maximum atomic E-state index is 5.16. The monoisotopic (exact) mass is 298 g/mol. The van der Waals surface area contributed by atoms with E-state index in [1.807, 2.05) is 42.5 Å². The summed E-state index contributed by atoms with van der Waals surface area (Å²) in [5, 5.41) is 12.7. The number of methoxy groups -OCH3 is 1. The van der Waals surface area contributed by atoms with Crippen molar-refractivity contribution in [1.29, 1.82) is 0 Å². The van der Waals surface area contributed by atoms with Crippen LogP contribution in [0.15, 0.2) is 59.8 Å². The lowest BCUT2D eigenvalue weighted by Crippen LogP contribution is -1.99. The van der Waals surface area contributed by atoms with Crippen molar-refractivity contribution in [3.05, 3.63) is 60.2 Å². The molecule has 0 saturated carbocycles. The molecular formula is C15H14N4OS. The summed E-state index contributed by atoms with van der Waals surface area (Å²) in [6.45, 7) is 0. The van der Waals surface area contributed by atoms with Crippen molar-refractivity contribution < 1.29 is 4.74 Å². The summed E-state index contributed by atoms with van der Waals surface area (Å²) in [5.41, 5.74) is 2.16. The van der Waals surface area contributed by atoms with Gasteiger partial charge in [0.1, 0.15) is 5.75 Å². The molecule has 0 fully saturated rings. The summed E-state index contributed by atoms with van der Waals surface area (Å²) in [5.74, 6) is 1.64. The lowest BCUT2D eigenvalue weighted by atomic mass is 10.2. The largest absolute Gasteiger partial charge is 0.497 e. The highest BCUT2D eigenvalue weighted by Crippen LogP contribution is 2.23. The molecule has 0 atom stereocenters. The van der Waals surface area contributed by atoms with Crippen LogP contribution in [0.2, 0.25) is 0 Å². The Hall–Kier alpha value is -2.34. The van der Waals surface area contributed by atoms with Gasteiger partial charge < -0.3 is 4.74 Å². The molecule has 3 rings (SSSR count). The number of thioether (sulfide) groups is 1. The summed E-state index contributed by atoms with van der Waals surface area (Å²) >= 11 is 1.61. The predicted octanol–water partition coefficient (Wildman–Crippen LogP) is 2.96. The predicted molar refractivity (Wildman–Crippen MR) is 81.7 cm³/mol. The minimum absolute atomic E-state index is 0.768. The minimum atomic E-state index is 0.768. The van der Waals surface area contributed by atoms with Crippen LogP contribution in [0.25, 0.3) is 5.69 Å². The Morgan fingerprint density at radius 3 is 2.52 bits per heavy atom. The summed E-state index contributed by atoms with van der Waals surface area (Å²) in [6, 6.07) is 17.9. The zero-order valence-electron chi connectivity index (χ0n) is 11.5. The van der Waals surface area contributed by atoms with Crippen molar-refractivity contribution in [2.24, 2.45) is 0 Å². The van der Waals surface area contributed by atoms with E-state index in [1.165, 1.54) is 5.56 Å². The average Bonchev–Trinajstić information content (AvgIpc) is 3.02. The molecule has 0 bridgehead atoms. The summed E-state index contributed by atoms with van der Waals surface area (Å²) in [4.78, 5) is 0. The molecule has 5 nitrogen and oxygen atoms in total. The number of ether oxygens (including phenoxy) is 1. The third-order valence-corrected chi connectivity index (χ3v) is 3.96. The molecule has 0 aliphatic rings. The van der Waals surface area contributed by atoms with Crippen molar-refractivity contribution in [1.82, 2.24) is 20.2 Å². The normalized spacial score (nSPS) is 10.5. The molecule has 2 aromatic carbocycles. The van der Waals surface area contributed by atoms with Crippen LogP contribution >= 0.6 is 11.8 Å². The van der Waals surface area contributed by atoms with Gasteiger partial charge in [0.15, 0.2) is 0 Å². The standard InChI is InChI=1S/C15H14N4OS/c1-20-14-9-7-13(8-10-14)19-15(16-17-18-19)21-11-12-5-3-2-4-6-12/h2-10H,11H2,1H3. The smallest absolute Gasteiger partial charge is 0.214 e. The van der Waals surface area contributed by atoms with Crippen molar-refractivity contribution in [3.8, 4) is 11.4 Å². The first-order chi connectivity index (χ1) is 10.4. The van der Waals surface area contributed by atoms with Crippen LogP contribution in [-0.2, 0) is 5.75 Å². The highest BCUT2D eigenvalue weighted by molar-refractivity contribution is 7.98. The lowest BCUT2D eigenvalue weighted by molar-refractivity contribution is 0.414. The Balaban J connectivity index is 1.77. The summed E-state index contributed by atoms with van der Waals surface area (Å²) < 4.78 is 6.89. The van der Waals surface area contributed by atoms with Crippen LogP contribution in [0.3, 0.4) is 0 Å². The van der Waals surface area contributed by atoms with Gasteiger partial charge in [-0.25, -0.2) is 0 Å². The zero-order valence-corrected chi connectivity index (χ0v) is 12.3. The van der Waals surface area contributed by atoms with Gasteiger partial charge in [0.25, 0.3) is 0 Å². The topological polar surface area (TPSA) is 52.8 Å². The van der Waals surface area contributed by atoms with E-state index in [-0.39, 0.29) is 0 Å². The Morgan fingerprint density at radius 2 is 1.81 bits per heavy atom. The number of benzene rings is 2. The summed E-state index contributed by atoms with van der Waals surface area (Å²) in [6.07, 6.45) is 0. The minimum Gasteiger partial charge on any atom is -0.497 e. The van der Waals surface area contributed by atoms with E-state index < -0.39 is 0 Å². The fraction of sp³-hybridized carbons (Fsp3) is 0.133. The molecule has 1 heterocycles. The molecule has 0 unspecified atom stereocenters. The van der Waals surface area contributed by atoms with Crippen LogP contribution in [0.5, 0.6) is 5.75 Å². The van der Waals surface area contributed by atoms with E-state index in [1.54, 1.807) is 23.6 Å². The van der Waals surface area contributed by atoms with Gasteiger partial charge >= 0.3 is 0 Å². The van der Waals surface area contributed by atoms with E-state index in [9.17, 15) is 0 Å². The van der Waals surface area contributed by atoms with Gasteiger partial charge in [0, 0.05) is 5.75 Å². The molecule has 0 N–H and O–H groups in total. The highest BCUT2D eigenvalue weighted by Gasteiger charge is 2.09. The van der Waals surface area contributed by atoms with Gasteiger partial charge in [-0.05, 0) is 40.3 Å². The molecule has 1 aromatic heterocycles. The van der Waals surface area contributed by atoms with Gasteiger partial charge in [-0.2, -0.15) is 4.68 Å². The van der Waals surface area contributed by atoms with Gasteiger partial charge in [-0.3, -0.25) is 0 Å². The molecular weight excluding hydrogens is 284 g/mol. The molecule has 0 aliphatic carbocycles. The first-order valence-corrected chi connectivity index (χ1v) is 7.45. The first kappa shape index (κ1) is 13.6. The second-order valence-electron chi connectivity index (χ2n) is 4.35. The van der Waals surface area contributed by atoms with Gasteiger partial charge in [0.2, 0.25) is 5.16 Å². The molecule has 21 heavy (non-hydrogen) atoms. The SMILES string of the molecule is COc1ccc(-n2nnnc2SCc2ccccc2)cc1. The quantitative estimate of drug-likeness (QED) is 0.678. The fourth-order valence-electron chi connectivity index (χ4n) is 1.88. The molecule has 0 saturated heterocycles. The Labute approximate surface area is 126 Å². The zero-order chi connectivity index (χ0) is 14.5. The van der Waals surface area contributed by atoms with Crippen molar-refractivity contribution in [2.45, 2.75) is 10.9 Å². The maximum absolute atomic E-state index is 5.16. The fourth-order valence-corrected chi connectivity index (χ4v) is 2.72. The van der Waals surface area contributed by atoms with Crippen LogP contribution in [0.1, 0.15) is 5.56 Å². The third kappa shape index (κ3) is 3.22. The number of aromatic nitrogens is 4. The van der Waals surface area contributed by atoms with Crippen LogP contribution in [-0.4, -0.2) is 27.3 Å². The Kier molecular flexibility index (Phi) is 4.16. The van der Waals surface area contributed by atoms with E-state index in [4.69, 9.17) is 4.74 Å². The highest BCUT2D eigenvalue weighted by atomic mass is 32.2. The molecule has 3 aromatic rings. The van der Waals surface area contributed by atoms with E-state index in [0.29, 0.717) is 0 Å². The van der Waals surface area contributed by atoms with E-state index in [0.717, 1.165) is 22.3 Å². The number of tetrazole rings is 1. The van der Waals surface area contributed by atoms with Gasteiger partial charge in [-0.1, -0.05) is 42.1 Å². The average molecular weight is 298 g/mol. The van der Waals surface area contributed by atoms with Crippen LogP contribution in [0, 0.1) is 0 Å². The maximum Gasteiger partial charge on any atom is 0.214 e. The van der Waals surface area contributed by atoms with E-state index >= 15 is 0 Å². The summed E-state index contributed by atoms with van der Waals surface area (Å²) in [7, 11) is 1.65. The third-order valence-electron chi connectivity index (χ3n) is 2.97. The Morgan fingerprint density at radius 1 is 1.05 bits per heavy atom. The van der Waals surface area contributed by atoms with E-state index in [2.05, 4.69) is 27.7 Å². The van der Waals surface area contributed by atoms with Crippen LogP contribution in [0.4, 0.5) is 0 Å². The van der Waals surface area contributed by atoms with Crippen molar-refractivity contribution in [3.63, 3.8) is 0 Å². The van der Waals surface area contributed by atoms with Crippen molar-refractivity contribution in [2.75, 3.05) is 7.11 Å². The number of hydrogen-bond donors (Lipinski definition) is 0. The second kappa shape index (κ2) is 6.41. The molecule has 106 valence electrons. The molecule has 6 heteroatoms. The number of rotatable bonds is 5. The molecule has 0 amide bonds. The molecule has 0 radical (unpaired) electrons. The van der Waals surface area contributed by atoms with Gasteiger partial charge in [0.05, 0.1) is 12.8 Å². The molecule has 0 spiro atoms. The van der Waals surface area contributed by atoms with Crippen molar-refractivity contribution >= 4 is 11.8 Å². The van der Waals surface area contributed by atoms with Gasteiger partial charge in [-0.15, -0.1) is 5.10 Å². The number of nitrogens with zero attached hydrogens (tertiary/aromatic N) is 4. The lowest BCUT2D eigenvalue weighted by Gasteiger charge is -2.05. The number of hydrogen-bond acceptors (Lipinski definition) is 5. The Bertz CT molecular complexity index is 697.